The van der Waals surface area contributed by atoms with Gasteiger partial charge in [-0.05, 0) is 56.7 Å². The first-order chi connectivity index (χ1) is 17.7. The summed E-state index contributed by atoms with van der Waals surface area (Å²) < 4.78 is 21.9. The molecule has 0 fully saturated rings. The molecule has 214 valence electrons. The lowest BCUT2D eigenvalue weighted by Gasteiger charge is -2.24. The van der Waals surface area contributed by atoms with Gasteiger partial charge in [-0.2, -0.15) is 0 Å². The molecule has 0 saturated carbocycles. The Kier molecular flexibility index (Phi) is 13.5. The maximum absolute atomic E-state index is 12.7. The van der Waals surface area contributed by atoms with Crippen LogP contribution >= 0.6 is 0 Å². The number of benzene rings is 1. The van der Waals surface area contributed by atoms with E-state index in [2.05, 4.69) is 0 Å². The molecule has 0 amide bonds. The van der Waals surface area contributed by atoms with Gasteiger partial charge in [0.1, 0.15) is 18.2 Å². The van der Waals surface area contributed by atoms with Crippen LogP contribution in [0.5, 0.6) is 11.5 Å². The lowest BCUT2D eigenvalue weighted by atomic mass is 9.98. The minimum absolute atomic E-state index is 0.0809. The first-order valence-electron chi connectivity index (χ1n) is 13.4. The number of esters is 4. The average Bonchev–Trinajstić information content (AvgIpc) is 2.87. The number of nitrogens with two attached hydrogens (primary N) is 1. The van der Waals surface area contributed by atoms with E-state index >= 15 is 0 Å². The molecule has 9 heteroatoms. The molecule has 6 atom stereocenters. The van der Waals surface area contributed by atoms with E-state index in [0.29, 0.717) is 18.4 Å². The topological polar surface area (TPSA) is 131 Å². The Bertz CT molecular complexity index is 960. The Balaban J connectivity index is 2.96. The largest absolute Gasteiger partial charge is 0.459 e. The zero-order valence-corrected chi connectivity index (χ0v) is 24.2. The van der Waals surface area contributed by atoms with Crippen molar-refractivity contribution in [3.63, 3.8) is 0 Å². The fourth-order valence-corrected chi connectivity index (χ4v) is 2.96. The molecule has 4 unspecified atom stereocenters. The number of hydrogen-bond donors (Lipinski definition) is 1. The first kappa shape index (κ1) is 33.1. The van der Waals surface area contributed by atoms with Gasteiger partial charge in [-0.1, -0.05) is 54.5 Å². The van der Waals surface area contributed by atoms with E-state index in [9.17, 15) is 19.2 Å². The summed E-state index contributed by atoms with van der Waals surface area (Å²) in [5.41, 5.74) is 6.69. The highest BCUT2D eigenvalue weighted by molar-refractivity contribution is 5.79. The van der Waals surface area contributed by atoms with Gasteiger partial charge in [0.2, 0.25) is 0 Å². The number of hydrogen-bond acceptors (Lipinski definition) is 9. The van der Waals surface area contributed by atoms with Crippen LogP contribution in [0.2, 0.25) is 0 Å². The molecule has 0 heterocycles. The third-order valence-electron chi connectivity index (χ3n) is 6.85. The quantitative estimate of drug-likeness (QED) is 0.268. The molecule has 0 spiro atoms. The minimum atomic E-state index is -1.03. The molecule has 9 nitrogen and oxygen atoms in total. The summed E-state index contributed by atoms with van der Waals surface area (Å²) in [6.07, 6.45) is -0.0860. The standard InChI is InChI=1S/C29H45NO8/c1-10-17(5)26(31)37-24-13-12-22(15-25(24)38-27(32)18(6)11-2)14-23(30)29(34)36-21(9)20(8)35-28(33)19(7)16(3)4/h12-13,15-21,23H,10-11,14,30H2,1-9H3/t17?,18?,19?,20?,21-,23-/m0/s1. The SMILES string of the molecule is CCC(C)C(=O)Oc1ccc(C[C@H](N)C(=O)O[C@@H](C)C(C)OC(=O)C(C)C(C)C)cc1OC(=O)C(C)CC. The van der Waals surface area contributed by atoms with Crippen LogP contribution in [0.1, 0.15) is 80.7 Å². The van der Waals surface area contributed by atoms with Gasteiger partial charge < -0.3 is 24.7 Å². The molecule has 0 saturated heterocycles. The third kappa shape index (κ3) is 10.1. The Morgan fingerprint density at radius 2 is 1.18 bits per heavy atom. The van der Waals surface area contributed by atoms with Crippen molar-refractivity contribution in [3.8, 4) is 11.5 Å². The Hall–Kier alpha value is -2.94. The molecule has 0 aliphatic carbocycles. The molecule has 1 aromatic rings. The van der Waals surface area contributed by atoms with Crippen LogP contribution in [0.15, 0.2) is 18.2 Å². The van der Waals surface area contributed by atoms with Gasteiger partial charge in [-0.15, -0.1) is 0 Å². The number of carbonyl (C=O) groups excluding carboxylic acids is 4. The number of ether oxygens (including phenoxy) is 4. The van der Waals surface area contributed by atoms with Gasteiger partial charge >= 0.3 is 23.9 Å². The fraction of sp³-hybridized carbons (Fsp3) is 0.655. The van der Waals surface area contributed by atoms with Crippen molar-refractivity contribution in [1.29, 1.82) is 0 Å². The van der Waals surface area contributed by atoms with Gasteiger partial charge in [0.05, 0.1) is 17.8 Å². The predicted octanol–water partition coefficient (Wildman–Crippen LogP) is 4.61. The van der Waals surface area contributed by atoms with E-state index in [1.807, 2.05) is 27.7 Å². The second-order valence-electron chi connectivity index (χ2n) is 10.4. The fourth-order valence-electron chi connectivity index (χ4n) is 2.96. The summed E-state index contributed by atoms with van der Waals surface area (Å²) in [7, 11) is 0. The normalized spacial score (nSPS) is 16.0. The van der Waals surface area contributed by atoms with Crippen LogP contribution in [0.25, 0.3) is 0 Å². The number of rotatable bonds is 14. The smallest absolute Gasteiger partial charge is 0.323 e. The second kappa shape index (κ2) is 15.5. The van der Waals surface area contributed by atoms with Gasteiger partial charge in [-0.3, -0.25) is 19.2 Å². The van der Waals surface area contributed by atoms with Crippen molar-refractivity contribution < 1.29 is 38.1 Å². The van der Waals surface area contributed by atoms with E-state index in [0.717, 1.165) is 0 Å². The molecular formula is C29H45NO8. The Morgan fingerprint density at radius 3 is 1.66 bits per heavy atom. The van der Waals surface area contributed by atoms with Crippen LogP contribution in [-0.2, 0) is 35.1 Å². The van der Waals surface area contributed by atoms with Crippen molar-refractivity contribution >= 4 is 23.9 Å². The second-order valence-corrected chi connectivity index (χ2v) is 10.4. The van der Waals surface area contributed by atoms with E-state index < -0.39 is 36.2 Å². The highest BCUT2D eigenvalue weighted by atomic mass is 16.6. The van der Waals surface area contributed by atoms with Crippen molar-refractivity contribution in [2.45, 2.75) is 99.8 Å². The maximum atomic E-state index is 12.7. The molecule has 0 aliphatic heterocycles. The van der Waals surface area contributed by atoms with Crippen LogP contribution in [0.3, 0.4) is 0 Å². The molecule has 38 heavy (non-hydrogen) atoms. The highest BCUT2D eigenvalue weighted by Crippen LogP contribution is 2.31. The average molecular weight is 536 g/mol. The molecule has 2 N–H and O–H groups in total. The van der Waals surface area contributed by atoms with Crippen molar-refractivity contribution in [1.82, 2.24) is 0 Å². The molecular weight excluding hydrogens is 490 g/mol. The Morgan fingerprint density at radius 1 is 0.711 bits per heavy atom. The lowest BCUT2D eigenvalue weighted by Crippen LogP contribution is -2.40. The summed E-state index contributed by atoms with van der Waals surface area (Å²) in [6, 6.07) is 3.68. The first-order valence-corrected chi connectivity index (χ1v) is 13.4. The van der Waals surface area contributed by atoms with Crippen molar-refractivity contribution in [2.24, 2.45) is 29.4 Å². The van der Waals surface area contributed by atoms with Gasteiger partial charge in [0, 0.05) is 0 Å². The highest BCUT2D eigenvalue weighted by Gasteiger charge is 2.27. The summed E-state index contributed by atoms with van der Waals surface area (Å²) in [5, 5.41) is 0. The molecule has 0 radical (unpaired) electrons. The van der Waals surface area contributed by atoms with E-state index in [4.69, 9.17) is 24.7 Å². The third-order valence-corrected chi connectivity index (χ3v) is 6.85. The molecule has 1 aromatic carbocycles. The summed E-state index contributed by atoms with van der Waals surface area (Å²) >= 11 is 0. The van der Waals surface area contributed by atoms with Gasteiger partial charge in [0.25, 0.3) is 0 Å². The molecule has 0 aromatic heterocycles. The minimum Gasteiger partial charge on any atom is -0.459 e. The van der Waals surface area contributed by atoms with Crippen molar-refractivity contribution in [2.75, 3.05) is 0 Å². The Labute approximate surface area is 226 Å². The van der Waals surface area contributed by atoms with Crippen LogP contribution in [0.4, 0.5) is 0 Å². The zero-order chi connectivity index (χ0) is 29.2. The van der Waals surface area contributed by atoms with E-state index in [1.54, 1.807) is 40.7 Å². The zero-order valence-electron chi connectivity index (χ0n) is 24.2. The number of carbonyl (C=O) groups is 4. The van der Waals surface area contributed by atoms with Crippen LogP contribution in [-0.4, -0.2) is 42.1 Å². The van der Waals surface area contributed by atoms with Crippen molar-refractivity contribution in [3.05, 3.63) is 23.8 Å². The predicted molar refractivity (Wildman–Crippen MR) is 143 cm³/mol. The van der Waals surface area contributed by atoms with E-state index in [1.165, 1.54) is 12.1 Å². The summed E-state index contributed by atoms with van der Waals surface area (Å²) in [4.78, 5) is 49.7. The monoisotopic (exact) mass is 535 g/mol. The van der Waals surface area contributed by atoms with Gasteiger partial charge in [0.15, 0.2) is 11.5 Å². The molecule has 0 aliphatic rings. The summed E-state index contributed by atoms with van der Waals surface area (Å²) in [6.45, 7) is 16.2. The van der Waals surface area contributed by atoms with Gasteiger partial charge in [-0.25, -0.2) is 0 Å². The maximum Gasteiger partial charge on any atom is 0.323 e. The van der Waals surface area contributed by atoms with E-state index in [-0.39, 0.29) is 47.6 Å². The molecule has 1 rings (SSSR count). The van der Waals surface area contributed by atoms with Crippen LogP contribution in [0, 0.1) is 23.7 Å². The van der Waals surface area contributed by atoms with Crippen LogP contribution < -0.4 is 15.2 Å². The molecule has 0 bridgehead atoms. The summed E-state index contributed by atoms with van der Waals surface area (Å²) in [5.74, 6) is -2.55. The lowest BCUT2D eigenvalue weighted by molar-refractivity contribution is -0.169.